The number of thioether (sulfide) groups is 1. The summed E-state index contributed by atoms with van der Waals surface area (Å²) < 4.78 is 14.5. The molecule has 0 N–H and O–H groups in total. The standard InChI is InChI=1S/C22H26FN3O3S/c23-17-13-16(7-8-18(17)24-9-5-6-10-24)14-19-21(28)26(22(29)30-19)15-20(27)25-11-3-1-2-4-12-25/h7-8,13-14H,1-6,9-12,15H2. The Morgan fingerprint density at radius 3 is 2.33 bits per heavy atom. The molecular formula is C22H26FN3O3S. The molecule has 160 valence electrons. The van der Waals surface area contributed by atoms with Gasteiger partial charge in [-0.1, -0.05) is 18.9 Å². The Labute approximate surface area is 180 Å². The van der Waals surface area contributed by atoms with E-state index < -0.39 is 11.1 Å². The average Bonchev–Trinajstić information content (AvgIpc) is 3.23. The zero-order valence-corrected chi connectivity index (χ0v) is 17.8. The summed E-state index contributed by atoms with van der Waals surface area (Å²) in [6, 6.07) is 4.87. The molecule has 0 unspecified atom stereocenters. The molecule has 3 aliphatic heterocycles. The summed E-state index contributed by atoms with van der Waals surface area (Å²) in [7, 11) is 0. The van der Waals surface area contributed by atoms with E-state index in [1.54, 1.807) is 17.0 Å². The van der Waals surface area contributed by atoms with Gasteiger partial charge in [0.05, 0.1) is 10.6 Å². The van der Waals surface area contributed by atoms with Crippen LogP contribution >= 0.6 is 11.8 Å². The number of halogens is 1. The van der Waals surface area contributed by atoms with Gasteiger partial charge in [-0.25, -0.2) is 4.39 Å². The van der Waals surface area contributed by atoms with Gasteiger partial charge >= 0.3 is 0 Å². The Bertz CT molecular complexity index is 874. The monoisotopic (exact) mass is 431 g/mol. The van der Waals surface area contributed by atoms with E-state index >= 15 is 0 Å². The van der Waals surface area contributed by atoms with Crippen LogP contribution in [0.5, 0.6) is 0 Å². The normalized spacial score (nSPS) is 21.6. The Morgan fingerprint density at radius 2 is 1.67 bits per heavy atom. The van der Waals surface area contributed by atoms with E-state index in [9.17, 15) is 18.8 Å². The van der Waals surface area contributed by atoms with Crippen LogP contribution in [0.4, 0.5) is 14.9 Å². The number of hydrogen-bond acceptors (Lipinski definition) is 5. The van der Waals surface area contributed by atoms with E-state index in [0.29, 0.717) is 24.3 Å². The Morgan fingerprint density at radius 1 is 1.00 bits per heavy atom. The summed E-state index contributed by atoms with van der Waals surface area (Å²) in [5.74, 6) is -1.01. The molecule has 1 aromatic carbocycles. The lowest BCUT2D eigenvalue weighted by Crippen LogP contribution is -2.42. The third-order valence-electron chi connectivity index (χ3n) is 5.84. The van der Waals surface area contributed by atoms with Crippen LogP contribution in [-0.2, 0) is 9.59 Å². The third kappa shape index (κ3) is 4.53. The first kappa shape index (κ1) is 20.9. The lowest BCUT2D eigenvalue weighted by atomic mass is 10.1. The number of anilines is 1. The fourth-order valence-corrected chi connectivity index (χ4v) is 5.01. The second-order valence-electron chi connectivity index (χ2n) is 7.97. The second kappa shape index (κ2) is 9.20. The summed E-state index contributed by atoms with van der Waals surface area (Å²) in [6.07, 6.45) is 7.74. The van der Waals surface area contributed by atoms with Gasteiger partial charge in [-0.3, -0.25) is 19.3 Å². The van der Waals surface area contributed by atoms with Gasteiger partial charge < -0.3 is 9.80 Å². The lowest BCUT2D eigenvalue weighted by molar-refractivity contribution is -0.135. The predicted octanol–water partition coefficient (Wildman–Crippen LogP) is 3.86. The van der Waals surface area contributed by atoms with E-state index in [1.807, 2.05) is 4.90 Å². The zero-order chi connectivity index (χ0) is 21.1. The van der Waals surface area contributed by atoms with Crippen LogP contribution in [0.3, 0.4) is 0 Å². The van der Waals surface area contributed by atoms with Gasteiger partial charge in [0, 0.05) is 26.2 Å². The van der Waals surface area contributed by atoms with Crippen molar-refractivity contribution in [1.82, 2.24) is 9.80 Å². The predicted molar refractivity (Wildman–Crippen MR) is 116 cm³/mol. The first-order valence-electron chi connectivity index (χ1n) is 10.6. The third-order valence-corrected chi connectivity index (χ3v) is 6.75. The minimum atomic E-state index is -0.489. The number of nitrogens with zero attached hydrogens (tertiary/aromatic N) is 3. The highest BCUT2D eigenvalue weighted by molar-refractivity contribution is 8.18. The Hall–Kier alpha value is -2.35. The lowest BCUT2D eigenvalue weighted by Gasteiger charge is -2.22. The van der Waals surface area contributed by atoms with Crippen molar-refractivity contribution in [2.75, 3.05) is 37.6 Å². The maximum absolute atomic E-state index is 14.5. The average molecular weight is 432 g/mol. The summed E-state index contributed by atoms with van der Waals surface area (Å²) in [4.78, 5) is 42.6. The molecule has 1 aromatic rings. The van der Waals surface area contributed by atoms with Gasteiger partial charge in [-0.05, 0) is 61.2 Å². The van der Waals surface area contributed by atoms with Gasteiger partial charge in [0.25, 0.3) is 11.1 Å². The Kier molecular flexibility index (Phi) is 6.41. The van der Waals surface area contributed by atoms with Crippen LogP contribution in [0, 0.1) is 5.82 Å². The van der Waals surface area contributed by atoms with Crippen molar-refractivity contribution >= 4 is 40.6 Å². The van der Waals surface area contributed by atoms with Crippen molar-refractivity contribution in [2.24, 2.45) is 0 Å². The van der Waals surface area contributed by atoms with E-state index in [-0.39, 0.29) is 23.2 Å². The first-order valence-corrected chi connectivity index (χ1v) is 11.4. The highest BCUT2D eigenvalue weighted by Gasteiger charge is 2.37. The fraction of sp³-hybridized carbons (Fsp3) is 0.500. The topological polar surface area (TPSA) is 60.9 Å². The largest absolute Gasteiger partial charge is 0.369 e. The second-order valence-corrected chi connectivity index (χ2v) is 8.96. The SMILES string of the molecule is O=C(CN1C(=O)SC(=Cc2ccc(N3CCCC3)c(F)c2)C1=O)N1CCCCCC1. The minimum absolute atomic E-state index is 0.193. The molecule has 3 aliphatic rings. The van der Waals surface area contributed by atoms with Crippen LogP contribution in [0.2, 0.25) is 0 Å². The molecule has 3 fully saturated rings. The van der Waals surface area contributed by atoms with Crippen LogP contribution in [0.1, 0.15) is 44.1 Å². The van der Waals surface area contributed by atoms with Gasteiger partial charge in [-0.15, -0.1) is 0 Å². The van der Waals surface area contributed by atoms with Gasteiger partial charge in [0.15, 0.2) is 0 Å². The van der Waals surface area contributed by atoms with E-state index in [2.05, 4.69) is 0 Å². The summed E-state index contributed by atoms with van der Waals surface area (Å²) in [5.41, 5.74) is 1.10. The van der Waals surface area contributed by atoms with E-state index in [0.717, 1.165) is 68.3 Å². The van der Waals surface area contributed by atoms with Crippen LogP contribution in [-0.4, -0.2) is 59.6 Å². The van der Waals surface area contributed by atoms with Gasteiger partial charge in [-0.2, -0.15) is 0 Å². The van der Waals surface area contributed by atoms with Crippen molar-refractivity contribution in [1.29, 1.82) is 0 Å². The molecule has 0 bridgehead atoms. The fourth-order valence-electron chi connectivity index (χ4n) is 4.17. The van der Waals surface area contributed by atoms with Gasteiger partial charge in [0.2, 0.25) is 5.91 Å². The molecule has 3 saturated heterocycles. The summed E-state index contributed by atoms with van der Waals surface area (Å²) >= 11 is 0.800. The maximum atomic E-state index is 14.5. The molecule has 30 heavy (non-hydrogen) atoms. The number of rotatable bonds is 4. The van der Waals surface area contributed by atoms with E-state index in [1.165, 1.54) is 12.1 Å². The molecule has 0 aliphatic carbocycles. The highest BCUT2D eigenvalue weighted by atomic mass is 32.2. The number of hydrogen-bond donors (Lipinski definition) is 0. The smallest absolute Gasteiger partial charge is 0.294 e. The molecule has 0 aromatic heterocycles. The molecule has 3 heterocycles. The van der Waals surface area contributed by atoms with Crippen molar-refractivity contribution < 1.29 is 18.8 Å². The molecule has 8 heteroatoms. The molecule has 0 radical (unpaired) electrons. The zero-order valence-electron chi connectivity index (χ0n) is 16.9. The van der Waals surface area contributed by atoms with E-state index in [4.69, 9.17) is 0 Å². The van der Waals surface area contributed by atoms with Crippen LogP contribution in [0.15, 0.2) is 23.1 Å². The highest BCUT2D eigenvalue weighted by Crippen LogP contribution is 2.33. The molecule has 0 atom stereocenters. The number of amides is 3. The van der Waals surface area contributed by atoms with Gasteiger partial charge in [0.1, 0.15) is 12.4 Å². The number of imide groups is 1. The Balaban J connectivity index is 1.44. The summed E-state index contributed by atoms with van der Waals surface area (Å²) in [6.45, 7) is 2.81. The molecule has 3 amide bonds. The molecule has 0 spiro atoms. The van der Waals surface area contributed by atoms with Crippen molar-refractivity contribution in [3.05, 3.63) is 34.5 Å². The first-order chi connectivity index (χ1) is 14.5. The number of carbonyl (C=O) groups is 3. The number of likely N-dealkylation sites (tertiary alicyclic amines) is 1. The van der Waals surface area contributed by atoms with Crippen molar-refractivity contribution in [2.45, 2.75) is 38.5 Å². The molecule has 6 nitrogen and oxygen atoms in total. The van der Waals surface area contributed by atoms with Crippen LogP contribution in [0.25, 0.3) is 6.08 Å². The maximum Gasteiger partial charge on any atom is 0.294 e. The van der Waals surface area contributed by atoms with Crippen molar-refractivity contribution in [3.63, 3.8) is 0 Å². The number of benzene rings is 1. The van der Waals surface area contributed by atoms with Crippen molar-refractivity contribution in [3.8, 4) is 0 Å². The quantitative estimate of drug-likeness (QED) is 0.678. The molecular weight excluding hydrogens is 405 g/mol. The minimum Gasteiger partial charge on any atom is -0.369 e. The molecule has 0 saturated carbocycles. The van der Waals surface area contributed by atoms with Crippen LogP contribution < -0.4 is 4.90 Å². The summed E-state index contributed by atoms with van der Waals surface area (Å²) in [5, 5.41) is -0.455. The number of carbonyl (C=O) groups excluding carboxylic acids is 3. The molecule has 4 rings (SSSR count).